The van der Waals surface area contributed by atoms with E-state index >= 15 is 0 Å². The zero-order chi connectivity index (χ0) is 13.8. The van der Waals surface area contributed by atoms with E-state index in [2.05, 4.69) is 51.3 Å². The molecule has 0 amide bonds. The Hall–Kier alpha value is -0.570. The molecule has 0 aromatic heterocycles. The van der Waals surface area contributed by atoms with Crippen molar-refractivity contribution in [2.45, 2.75) is 52.7 Å². The fraction of sp³-hybridized carbons (Fsp3) is 0.600. The number of halogens is 1. The van der Waals surface area contributed by atoms with E-state index in [1.54, 1.807) is 0 Å². The van der Waals surface area contributed by atoms with Crippen molar-refractivity contribution >= 4 is 11.6 Å². The molecule has 0 saturated carbocycles. The van der Waals surface area contributed by atoms with Crippen LogP contribution in [0.5, 0.6) is 0 Å². The van der Waals surface area contributed by atoms with Gasteiger partial charge in [-0.1, -0.05) is 17.7 Å². The molecule has 0 radical (unpaired) electrons. The molecule has 0 aliphatic heterocycles. The molecule has 0 spiro atoms. The zero-order valence-corrected chi connectivity index (χ0v) is 12.9. The maximum Gasteiger partial charge on any atom is 0.0408 e. The van der Waals surface area contributed by atoms with Crippen molar-refractivity contribution in [3.63, 3.8) is 0 Å². The van der Waals surface area contributed by atoms with Gasteiger partial charge in [0, 0.05) is 29.7 Å². The number of rotatable bonds is 5. The highest BCUT2D eigenvalue weighted by Crippen LogP contribution is 2.15. The highest BCUT2D eigenvalue weighted by Gasteiger charge is 2.10. The molecule has 0 bridgehead atoms. The SMILES string of the molecule is Cc1cc(Cl)ccc1CNC(C)CNC(C)(C)C. The highest BCUT2D eigenvalue weighted by molar-refractivity contribution is 6.30. The minimum absolute atomic E-state index is 0.173. The highest BCUT2D eigenvalue weighted by atomic mass is 35.5. The summed E-state index contributed by atoms with van der Waals surface area (Å²) in [6, 6.07) is 6.49. The van der Waals surface area contributed by atoms with E-state index in [9.17, 15) is 0 Å². The van der Waals surface area contributed by atoms with Crippen molar-refractivity contribution in [2.24, 2.45) is 0 Å². The number of nitrogens with one attached hydrogen (secondary N) is 2. The molecule has 1 aromatic carbocycles. The predicted molar refractivity (Wildman–Crippen MR) is 80.2 cm³/mol. The summed E-state index contributed by atoms with van der Waals surface area (Å²) in [7, 11) is 0. The molecule has 0 aliphatic rings. The lowest BCUT2D eigenvalue weighted by molar-refractivity contribution is 0.387. The van der Waals surface area contributed by atoms with Crippen LogP contribution in [0.4, 0.5) is 0 Å². The van der Waals surface area contributed by atoms with Gasteiger partial charge in [0.15, 0.2) is 0 Å². The molecular formula is C15H25ClN2. The van der Waals surface area contributed by atoms with E-state index in [1.165, 1.54) is 11.1 Å². The van der Waals surface area contributed by atoms with Crippen molar-refractivity contribution in [3.8, 4) is 0 Å². The van der Waals surface area contributed by atoms with Crippen LogP contribution in [0.2, 0.25) is 5.02 Å². The van der Waals surface area contributed by atoms with Crippen molar-refractivity contribution in [1.82, 2.24) is 10.6 Å². The minimum Gasteiger partial charge on any atom is -0.311 e. The fourth-order valence-electron chi connectivity index (χ4n) is 1.67. The molecule has 0 heterocycles. The summed E-state index contributed by atoms with van der Waals surface area (Å²) in [5.41, 5.74) is 2.72. The lowest BCUT2D eigenvalue weighted by atomic mass is 10.1. The Labute approximate surface area is 116 Å². The largest absolute Gasteiger partial charge is 0.311 e. The first-order valence-corrected chi connectivity index (χ1v) is 6.89. The van der Waals surface area contributed by atoms with Crippen LogP contribution in [0.3, 0.4) is 0 Å². The minimum atomic E-state index is 0.173. The lowest BCUT2D eigenvalue weighted by Crippen LogP contribution is -2.44. The van der Waals surface area contributed by atoms with E-state index < -0.39 is 0 Å². The third-order valence-electron chi connectivity index (χ3n) is 2.88. The van der Waals surface area contributed by atoms with Crippen LogP contribution in [-0.4, -0.2) is 18.1 Å². The van der Waals surface area contributed by atoms with Gasteiger partial charge in [0.1, 0.15) is 0 Å². The molecule has 18 heavy (non-hydrogen) atoms. The van der Waals surface area contributed by atoms with Crippen molar-refractivity contribution in [3.05, 3.63) is 34.3 Å². The van der Waals surface area contributed by atoms with Crippen LogP contribution in [0, 0.1) is 6.92 Å². The fourth-order valence-corrected chi connectivity index (χ4v) is 1.90. The Kier molecular flexibility index (Phi) is 5.64. The molecule has 1 rings (SSSR count). The normalized spacial score (nSPS) is 13.7. The summed E-state index contributed by atoms with van der Waals surface area (Å²) in [6.45, 7) is 12.7. The van der Waals surface area contributed by atoms with Gasteiger partial charge in [0.25, 0.3) is 0 Å². The van der Waals surface area contributed by atoms with Gasteiger partial charge >= 0.3 is 0 Å². The Balaban J connectivity index is 2.40. The standard InChI is InChI=1S/C15H25ClN2/c1-11-8-14(16)7-6-13(11)10-17-12(2)9-18-15(3,4)5/h6-8,12,17-18H,9-10H2,1-5H3. The van der Waals surface area contributed by atoms with Crippen LogP contribution in [-0.2, 0) is 6.54 Å². The van der Waals surface area contributed by atoms with E-state index in [-0.39, 0.29) is 5.54 Å². The Bertz CT molecular complexity index is 383. The van der Waals surface area contributed by atoms with Gasteiger partial charge in [-0.05, 0) is 57.9 Å². The summed E-state index contributed by atoms with van der Waals surface area (Å²) in [5.74, 6) is 0. The Morgan fingerprint density at radius 1 is 1.28 bits per heavy atom. The molecule has 1 unspecified atom stereocenters. The van der Waals surface area contributed by atoms with Crippen LogP contribution in [0.1, 0.15) is 38.8 Å². The third-order valence-corrected chi connectivity index (χ3v) is 3.12. The summed E-state index contributed by atoms with van der Waals surface area (Å²) in [6.07, 6.45) is 0. The van der Waals surface area contributed by atoms with Crippen molar-refractivity contribution in [2.75, 3.05) is 6.54 Å². The second-order valence-electron chi connectivity index (χ2n) is 5.98. The topological polar surface area (TPSA) is 24.1 Å². The van der Waals surface area contributed by atoms with E-state index in [4.69, 9.17) is 11.6 Å². The molecule has 3 heteroatoms. The predicted octanol–water partition coefficient (Wildman–Crippen LogP) is 3.51. The monoisotopic (exact) mass is 268 g/mol. The zero-order valence-electron chi connectivity index (χ0n) is 12.1. The summed E-state index contributed by atoms with van der Waals surface area (Å²) in [4.78, 5) is 0. The Morgan fingerprint density at radius 2 is 1.94 bits per heavy atom. The molecule has 1 aromatic rings. The molecule has 2 nitrogen and oxygen atoms in total. The van der Waals surface area contributed by atoms with Crippen LogP contribution < -0.4 is 10.6 Å². The van der Waals surface area contributed by atoms with Gasteiger partial charge < -0.3 is 10.6 Å². The second-order valence-corrected chi connectivity index (χ2v) is 6.42. The van der Waals surface area contributed by atoms with Gasteiger partial charge in [-0.2, -0.15) is 0 Å². The quantitative estimate of drug-likeness (QED) is 0.854. The maximum absolute atomic E-state index is 5.95. The molecule has 0 fully saturated rings. The first-order chi connectivity index (χ1) is 8.28. The van der Waals surface area contributed by atoms with Gasteiger partial charge in [-0.15, -0.1) is 0 Å². The first-order valence-electron chi connectivity index (χ1n) is 6.51. The molecule has 0 aliphatic carbocycles. The summed E-state index contributed by atoms with van der Waals surface area (Å²) in [5, 5.41) is 7.83. The van der Waals surface area contributed by atoms with Crippen LogP contribution >= 0.6 is 11.6 Å². The van der Waals surface area contributed by atoms with Gasteiger partial charge in [-0.25, -0.2) is 0 Å². The average Bonchev–Trinajstić information content (AvgIpc) is 2.24. The molecule has 0 saturated heterocycles. The number of aryl methyl sites for hydroxylation is 1. The smallest absolute Gasteiger partial charge is 0.0408 e. The van der Waals surface area contributed by atoms with Crippen molar-refractivity contribution in [1.29, 1.82) is 0 Å². The van der Waals surface area contributed by atoms with Gasteiger partial charge in [0.05, 0.1) is 0 Å². The van der Waals surface area contributed by atoms with E-state index in [0.717, 1.165) is 18.1 Å². The summed E-state index contributed by atoms with van der Waals surface area (Å²) < 4.78 is 0. The lowest BCUT2D eigenvalue weighted by Gasteiger charge is -2.24. The number of benzene rings is 1. The third kappa shape index (κ3) is 5.85. The second kappa shape index (κ2) is 6.55. The maximum atomic E-state index is 5.95. The van der Waals surface area contributed by atoms with Gasteiger partial charge in [-0.3, -0.25) is 0 Å². The van der Waals surface area contributed by atoms with Gasteiger partial charge in [0.2, 0.25) is 0 Å². The Morgan fingerprint density at radius 3 is 2.50 bits per heavy atom. The molecule has 2 N–H and O–H groups in total. The first kappa shape index (κ1) is 15.5. The number of hydrogen-bond donors (Lipinski definition) is 2. The summed E-state index contributed by atoms with van der Waals surface area (Å²) >= 11 is 5.95. The van der Waals surface area contributed by atoms with Crippen LogP contribution in [0.25, 0.3) is 0 Å². The van der Waals surface area contributed by atoms with Crippen molar-refractivity contribution < 1.29 is 0 Å². The molecular weight excluding hydrogens is 244 g/mol. The molecule has 1 atom stereocenters. The van der Waals surface area contributed by atoms with E-state index in [1.807, 2.05) is 12.1 Å². The van der Waals surface area contributed by atoms with E-state index in [0.29, 0.717) is 6.04 Å². The van der Waals surface area contributed by atoms with Crippen LogP contribution in [0.15, 0.2) is 18.2 Å². The average molecular weight is 269 g/mol. The molecule has 102 valence electrons. The number of hydrogen-bond acceptors (Lipinski definition) is 2.